The molecule has 6 nitrogen and oxygen atoms in total. The molecule has 0 amide bonds. The fraction of sp³-hybridized carbons (Fsp3) is 0.214. The average Bonchev–Trinajstić information content (AvgIpc) is 2.52. The van der Waals surface area contributed by atoms with Crippen LogP contribution >= 0.6 is 0 Å². The smallest absolute Gasteiger partial charge is 0.419 e. The Morgan fingerprint density at radius 1 is 1.33 bits per heavy atom. The Labute approximate surface area is 133 Å². The second kappa shape index (κ2) is 7.57. The van der Waals surface area contributed by atoms with E-state index >= 15 is 0 Å². The number of esters is 1. The van der Waals surface area contributed by atoms with Gasteiger partial charge in [-0.05, 0) is 18.2 Å². The van der Waals surface area contributed by atoms with Crippen molar-refractivity contribution in [1.82, 2.24) is 0 Å². The van der Waals surface area contributed by atoms with E-state index in [1.165, 1.54) is 7.05 Å². The van der Waals surface area contributed by atoms with Gasteiger partial charge in [-0.3, -0.25) is 9.79 Å². The zero-order chi connectivity index (χ0) is 18.5. The van der Waals surface area contributed by atoms with Crippen molar-refractivity contribution in [3.63, 3.8) is 0 Å². The third-order valence-corrected chi connectivity index (χ3v) is 2.83. The van der Waals surface area contributed by atoms with Crippen molar-refractivity contribution in [1.29, 1.82) is 0 Å². The van der Waals surface area contributed by atoms with E-state index in [1.807, 2.05) is 0 Å². The van der Waals surface area contributed by atoms with Gasteiger partial charge >= 0.3 is 12.1 Å². The molecule has 0 saturated carbocycles. The van der Waals surface area contributed by atoms with Gasteiger partial charge in [0.25, 0.3) is 0 Å². The first-order valence-electron chi connectivity index (χ1n) is 6.33. The predicted octanol–water partition coefficient (Wildman–Crippen LogP) is 1.40. The number of hydrogen-bond acceptors (Lipinski definition) is 5. The fourth-order valence-electron chi connectivity index (χ4n) is 1.59. The molecule has 130 valence electrons. The maximum atomic E-state index is 13.2. The molecule has 0 heterocycles. The summed E-state index contributed by atoms with van der Waals surface area (Å²) in [5.74, 6) is -3.79. The van der Waals surface area contributed by atoms with Crippen LogP contribution in [-0.4, -0.2) is 31.2 Å². The molecule has 10 heteroatoms. The van der Waals surface area contributed by atoms with E-state index in [0.29, 0.717) is 12.1 Å². The summed E-state index contributed by atoms with van der Waals surface area (Å²) in [6.45, 7) is -0.879. The highest BCUT2D eigenvalue weighted by atomic mass is 19.4. The van der Waals surface area contributed by atoms with Gasteiger partial charge in [0.2, 0.25) is 0 Å². The topological polar surface area (TPSA) is 108 Å². The van der Waals surface area contributed by atoms with Gasteiger partial charge in [0.05, 0.1) is 5.56 Å². The van der Waals surface area contributed by atoms with E-state index < -0.39 is 41.5 Å². The molecule has 0 radical (unpaired) electrons. The van der Waals surface area contributed by atoms with Gasteiger partial charge in [0, 0.05) is 18.8 Å². The van der Waals surface area contributed by atoms with Crippen molar-refractivity contribution in [2.45, 2.75) is 6.18 Å². The van der Waals surface area contributed by atoms with Gasteiger partial charge in [-0.15, -0.1) is 0 Å². The minimum atomic E-state index is -4.96. The molecular weight excluding hydrogens is 334 g/mol. The molecule has 1 rings (SSSR count). The van der Waals surface area contributed by atoms with Crippen molar-refractivity contribution in [2.24, 2.45) is 16.5 Å². The van der Waals surface area contributed by atoms with E-state index in [2.05, 4.69) is 9.73 Å². The Bertz CT molecular complexity index is 712. The van der Waals surface area contributed by atoms with Gasteiger partial charge in [0.1, 0.15) is 17.2 Å². The molecule has 0 unspecified atom stereocenters. The highest BCUT2D eigenvalue weighted by molar-refractivity contribution is 6.18. The van der Waals surface area contributed by atoms with Crippen molar-refractivity contribution in [2.75, 3.05) is 13.7 Å². The van der Waals surface area contributed by atoms with Crippen LogP contribution in [0.4, 0.5) is 17.6 Å². The Morgan fingerprint density at radius 2 is 1.96 bits per heavy atom. The van der Waals surface area contributed by atoms with Gasteiger partial charge in [-0.2, -0.15) is 13.2 Å². The summed E-state index contributed by atoms with van der Waals surface area (Å²) in [4.78, 5) is 27.0. The molecule has 0 saturated heterocycles. The molecule has 4 N–H and O–H groups in total. The van der Waals surface area contributed by atoms with Gasteiger partial charge in [-0.25, -0.2) is 9.18 Å². The lowest BCUT2D eigenvalue weighted by Gasteiger charge is -2.10. The third kappa shape index (κ3) is 4.54. The SMILES string of the molecule is CN=C(N)C(=CN)C(=O)OCC(=O)c1ccc(F)c(C(F)(F)F)c1. The van der Waals surface area contributed by atoms with Gasteiger partial charge in [-0.1, -0.05) is 0 Å². The maximum Gasteiger partial charge on any atom is 0.419 e. The number of rotatable bonds is 5. The molecule has 0 atom stereocenters. The van der Waals surface area contributed by atoms with Crippen LogP contribution in [0.1, 0.15) is 15.9 Å². The Hall–Kier alpha value is -2.91. The second-order valence-corrected chi connectivity index (χ2v) is 4.38. The number of ketones is 1. The van der Waals surface area contributed by atoms with Crippen molar-refractivity contribution >= 4 is 17.6 Å². The maximum absolute atomic E-state index is 13.2. The zero-order valence-corrected chi connectivity index (χ0v) is 12.4. The minimum Gasteiger partial charge on any atom is -0.454 e. The standard InChI is InChI=1S/C14H13F4N3O3/c1-21-12(20)8(5-19)13(23)24-6-11(22)7-2-3-10(15)9(4-7)14(16,17)18/h2-5H,6,19H2,1H3,(H2,20,21). The van der Waals surface area contributed by atoms with E-state index in [9.17, 15) is 27.2 Å². The number of nitrogens with two attached hydrogens (primary N) is 2. The summed E-state index contributed by atoms with van der Waals surface area (Å²) in [6, 6.07) is 1.69. The number of aliphatic imine (C=N–C) groups is 1. The van der Waals surface area contributed by atoms with Gasteiger partial charge in [0.15, 0.2) is 12.4 Å². The summed E-state index contributed by atoms with van der Waals surface area (Å²) in [7, 11) is 1.29. The highest BCUT2D eigenvalue weighted by Gasteiger charge is 2.34. The normalized spacial score (nSPS) is 12.9. The highest BCUT2D eigenvalue weighted by Crippen LogP contribution is 2.31. The first kappa shape index (κ1) is 19.1. The van der Waals surface area contributed by atoms with Crippen LogP contribution in [0.15, 0.2) is 35.0 Å². The van der Waals surface area contributed by atoms with Crippen LogP contribution in [0.2, 0.25) is 0 Å². The lowest BCUT2D eigenvalue weighted by molar-refractivity contribution is -0.140. The van der Waals surface area contributed by atoms with Crippen LogP contribution in [0, 0.1) is 5.82 Å². The Balaban J connectivity index is 2.89. The first-order valence-corrected chi connectivity index (χ1v) is 6.33. The molecule has 0 fully saturated rings. The quantitative estimate of drug-likeness (QED) is 0.209. The number of Topliss-reactive ketones (excluding diaryl/α,β-unsaturated/α-hetero) is 1. The van der Waals surface area contributed by atoms with Crippen LogP contribution in [0.25, 0.3) is 0 Å². The monoisotopic (exact) mass is 347 g/mol. The number of halogens is 4. The van der Waals surface area contributed by atoms with Gasteiger partial charge < -0.3 is 16.2 Å². The average molecular weight is 347 g/mol. The van der Waals surface area contributed by atoms with Crippen molar-refractivity contribution in [3.05, 3.63) is 46.9 Å². The minimum absolute atomic E-state index is 0.240. The van der Waals surface area contributed by atoms with Crippen LogP contribution in [-0.2, 0) is 15.7 Å². The summed E-state index contributed by atoms with van der Waals surface area (Å²) < 4.78 is 55.6. The Morgan fingerprint density at radius 3 is 2.46 bits per heavy atom. The molecule has 24 heavy (non-hydrogen) atoms. The predicted molar refractivity (Wildman–Crippen MR) is 76.5 cm³/mol. The summed E-state index contributed by atoms with van der Waals surface area (Å²) in [6.07, 6.45) is -4.15. The number of amidine groups is 1. The largest absolute Gasteiger partial charge is 0.454 e. The number of carbonyl (C=O) groups is 2. The number of alkyl halides is 3. The number of carbonyl (C=O) groups excluding carboxylic acids is 2. The number of nitrogens with zero attached hydrogens (tertiary/aromatic N) is 1. The Kier molecular flexibility index (Phi) is 6.04. The fourth-order valence-corrected chi connectivity index (χ4v) is 1.59. The van der Waals surface area contributed by atoms with Crippen molar-refractivity contribution < 1.29 is 31.9 Å². The molecule has 0 aliphatic carbocycles. The van der Waals surface area contributed by atoms with E-state index in [4.69, 9.17) is 11.5 Å². The third-order valence-electron chi connectivity index (χ3n) is 2.83. The summed E-state index contributed by atoms with van der Waals surface area (Å²) in [5.41, 5.74) is 8.19. The molecule has 1 aromatic carbocycles. The van der Waals surface area contributed by atoms with Crippen LogP contribution in [0.5, 0.6) is 0 Å². The number of hydrogen-bond donors (Lipinski definition) is 2. The van der Waals surface area contributed by atoms with E-state index in [-0.39, 0.29) is 11.4 Å². The summed E-state index contributed by atoms with van der Waals surface area (Å²) in [5, 5.41) is 0. The molecule has 1 aromatic rings. The molecule has 0 aromatic heterocycles. The molecule has 0 aliphatic rings. The first-order chi connectivity index (χ1) is 11.1. The molecule has 0 aliphatic heterocycles. The summed E-state index contributed by atoms with van der Waals surface area (Å²) >= 11 is 0. The van der Waals surface area contributed by atoms with Crippen molar-refractivity contribution in [3.8, 4) is 0 Å². The van der Waals surface area contributed by atoms with Crippen LogP contribution in [0.3, 0.4) is 0 Å². The molecule has 0 bridgehead atoms. The second-order valence-electron chi connectivity index (χ2n) is 4.38. The van der Waals surface area contributed by atoms with Crippen LogP contribution < -0.4 is 11.5 Å². The number of ether oxygens (including phenoxy) is 1. The molecule has 0 spiro atoms. The zero-order valence-electron chi connectivity index (χ0n) is 12.4. The molecular formula is C14H13F4N3O3. The lowest BCUT2D eigenvalue weighted by atomic mass is 10.1. The lowest BCUT2D eigenvalue weighted by Crippen LogP contribution is -2.25. The van der Waals surface area contributed by atoms with E-state index in [0.717, 1.165) is 12.3 Å². The van der Waals surface area contributed by atoms with E-state index in [1.54, 1.807) is 0 Å². The number of benzene rings is 1.